The van der Waals surface area contributed by atoms with Gasteiger partial charge in [0.2, 0.25) is 5.91 Å². The molecular weight excluding hydrogens is 327 g/mol. The minimum absolute atomic E-state index is 0. The number of rotatable bonds is 3. The van der Waals surface area contributed by atoms with Crippen molar-refractivity contribution in [3.63, 3.8) is 0 Å². The van der Waals surface area contributed by atoms with E-state index in [9.17, 15) is 9.18 Å². The number of ether oxygens (including phenoxy) is 3. The van der Waals surface area contributed by atoms with Gasteiger partial charge in [0.05, 0.1) is 12.1 Å². The molecule has 0 atom stereocenters. The van der Waals surface area contributed by atoms with E-state index in [1.54, 1.807) is 0 Å². The highest BCUT2D eigenvalue weighted by Crippen LogP contribution is 2.29. The maximum Gasteiger partial charge on any atom is 0.240 e. The van der Waals surface area contributed by atoms with Crippen molar-refractivity contribution >= 4 is 18.3 Å². The Balaban J connectivity index is 0.00000192. The largest absolute Gasteiger partial charge is 0.467 e. The average Bonchev–Trinajstić information content (AvgIpc) is 2.52. The molecule has 1 saturated heterocycles. The lowest BCUT2D eigenvalue weighted by Gasteiger charge is -2.32. The van der Waals surface area contributed by atoms with Gasteiger partial charge in [0.25, 0.3) is 0 Å². The van der Waals surface area contributed by atoms with Gasteiger partial charge >= 0.3 is 0 Å². The molecule has 0 bridgehead atoms. The van der Waals surface area contributed by atoms with Crippen LogP contribution in [0.5, 0.6) is 5.75 Å². The first-order valence-electron chi connectivity index (χ1n) is 7.25. The minimum atomic E-state index is -0.921. The summed E-state index contributed by atoms with van der Waals surface area (Å²) in [6, 6.07) is 2.74. The number of hydrogen-bond acceptors (Lipinski definition) is 5. The van der Waals surface area contributed by atoms with Gasteiger partial charge in [-0.05, 0) is 25.0 Å². The van der Waals surface area contributed by atoms with Crippen LogP contribution in [0, 0.1) is 5.82 Å². The first-order chi connectivity index (χ1) is 10.6. The molecule has 0 radical (unpaired) electrons. The third-order valence-electron chi connectivity index (χ3n) is 4.03. The van der Waals surface area contributed by atoms with E-state index in [2.05, 4.69) is 5.32 Å². The fourth-order valence-electron chi connectivity index (χ4n) is 2.70. The zero-order valence-electron chi connectivity index (χ0n) is 12.6. The minimum Gasteiger partial charge on any atom is -0.467 e. The van der Waals surface area contributed by atoms with Crippen LogP contribution in [0.4, 0.5) is 4.39 Å². The SMILES string of the molecule is Cl.NC1(C(=O)NCc2cc(F)cc3c2OCOC3)CCOCC1. The summed E-state index contributed by atoms with van der Waals surface area (Å²) in [5.41, 5.74) is 6.42. The fourth-order valence-corrected chi connectivity index (χ4v) is 2.70. The van der Waals surface area contributed by atoms with Crippen molar-refractivity contribution in [2.24, 2.45) is 5.73 Å². The number of carbonyl (C=O) groups excluding carboxylic acids is 1. The Kier molecular flexibility index (Phi) is 5.80. The maximum atomic E-state index is 13.6. The summed E-state index contributed by atoms with van der Waals surface area (Å²) in [5, 5.41) is 2.78. The zero-order valence-corrected chi connectivity index (χ0v) is 13.4. The van der Waals surface area contributed by atoms with Gasteiger partial charge in [0.1, 0.15) is 11.6 Å². The highest BCUT2D eigenvalue weighted by Gasteiger charge is 2.35. The summed E-state index contributed by atoms with van der Waals surface area (Å²) in [5.74, 6) is -0.0579. The number of hydrogen-bond donors (Lipinski definition) is 2. The topological polar surface area (TPSA) is 82.8 Å². The molecule has 1 fully saturated rings. The van der Waals surface area contributed by atoms with Crippen LogP contribution in [-0.4, -0.2) is 31.5 Å². The Morgan fingerprint density at radius 1 is 1.30 bits per heavy atom. The third kappa shape index (κ3) is 3.92. The van der Waals surface area contributed by atoms with E-state index in [4.69, 9.17) is 19.9 Å². The first kappa shape index (κ1) is 17.9. The Labute approximate surface area is 139 Å². The van der Waals surface area contributed by atoms with Crippen molar-refractivity contribution in [1.29, 1.82) is 0 Å². The van der Waals surface area contributed by atoms with E-state index in [0.29, 0.717) is 49.5 Å². The van der Waals surface area contributed by atoms with Crippen LogP contribution in [-0.2, 0) is 27.4 Å². The second-order valence-corrected chi connectivity index (χ2v) is 5.62. The Morgan fingerprint density at radius 2 is 2.04 bits per heavy atom. The normalized spacial score (nSPS) is 19.0. The third-order valence-corrected chi connectivity index (χ3v) is 4.03. The fraction of sp³-hybridized carbons (Fsp3) is 0.533. The summed E-state index contributed by atoms with van der Waals surface area (Å²) in [7, 11) is 0. The molecule has 0 aromatic heterocycles. The van der Waals surface area contributed by atoms with Crippen LogP contribution in [0.25, 0.3) is 0 Å². The number of halogens is 2. The van der Waals surface area contributed by atoms with E-state index in [1.165, 1.54) is 12.1 Å². The van der Waals surface area contributed by atoms with E-state index >= 15 is 0 Å². The number of amides is 1. The standard InChI is InChI=1S/C15H19FN2O4.ClH/c16-12-5-10(13-11(6-12)8-21-9-22-13)7-18-14(19)15(17)1-3-20-4-2-15;/h5-6H,1-4,7-9,17H2,(H,18,19);1H. The molecule has 2 aliphatic rings. The van der Waals surface area contributed by atoms with Gasteiger partial charge in [0.15, 0.2) is 6.79 Å². The van der Waals surface area contributed by atoms with Gasteiger partial charge in [-0.15, -0.1) is 12.4 Å². The maximum absolute atomic E-state index is 13.6. The summed E-state index contributed by atoms with van der Waals surface area (Å²) >= 11 is 0. The van der Waals surface area contributed by atoms with E-state index < -0.39 is 5.54 Å². The first-order valence-corrected chi connectivity index (χ1v) is 7.25. The van der Waals surface area contributed by atoms with Crippen LogP contribution in [0.1, 0.15) is 24.0 Å². The molecule has 1 aromatic rings. The van der Waals surface area contributed by atoms with Gasteiger partial charge in [0, 0.05) is 30.9 Å². The molecule has 3 rings (SSSR count). The molecule has 0 unspecified atom stereocenters. The number of benzene rings is 1. The molecule has 0 aliphatic carbocycles. The molecule has 23 heavy (non-hydrogen) atoms. The Bertz CT molecular complexity index is 579. The molecule has 1 aromatic carbocycles. The molecule has 1 amide bonds. The average molecular weight is 347 g/mol. The lowest BCUT2D eigenvalue weighted by atomic mass is 9.90. The molecule has 6 nitrogen and oxygen atoms in total. The number of nitrogens with one attached hydrogen (secondary N) is 1. The second kappa shape index (κ2) is 7.44. The molecule has 2 aliphatic heterocycles. The summed E-state index contributed by atoms with van der Waals surface area (Å²) in [6.07, 6.45) is 0.953. The molecule has 2 heterocycles. The van der Waals surface area contributed by atoms with Crippen molar-refractivity contribution in [2.45, 2.75) is 31.5 Å². The number of carbonyl (C=O) groups is 1. The van der Waals surface area contributed by atoms with Crippen molar-refractivity contribution in [1.82, 2.24) is 5.32 Å². The predicted molar refractivity (Wildman–Crippen MR) is 82.8 cm³/mol. The van der Waals surface area contributed by atoms with Gasteiger partial charge in [-0.25, -0.2) is 4.39 Å². The smallest absolute Gasteiger partial charge is 0.240 e. The lowest BCUT2D eigenvalue weighted by molar-refractivity contribution is -0.129. The zero-order chi connectivity index (χ0) is 15.6. The molecule has 0 spiro atoms. The van der Waals surface area contributed by atoms with Crippen molar-refractivity contribution < 1.29 is 23.4 Å². The van der Waals surface area contributed by atoms with Crippen molar-refractivity contribution in [3.05, 3.63) is 29.1 Å². The van der Waals surface area contributed by atoms with Crippen molar-refractivity contribution in [2.75, 3.05) is 20.0 Å². The van der Waals surface area contributed by atoms with Crippen LogP contribution in [0.2, 0.25) is 0 Å². The second-order valence-electron chi connectivity index (χ2n) is 5.62. The van der Waals surface area contributed by atoms with Crippen LogP contribution >= 0.6 is 12.4 Å². The Morgan fingerprint density at radius 3 is 2.78 bits per heavy atom. The highest BCUT2D eigenvalue weighted by atomic mass is 35.5. The van der Waals surface area contributed by atoms with Crippen LogP contribution in [0.15, 0.2) is 12.1 Å². The molecule has 0 saturated carbocycles. The van der Waals surface area contributed by atoms with E-state index in [0.717, 1.165) is 0 Å². The monoisotopic (exact) mass is 346 g/mol. The van der Waals surface area contributed by atoms with E-state index in [-0.39, 0.29) is 37.5 Å². The molecule has 128 valence electrons. The van der Waals surface area contributed by atoms with Crippen LogP contribution in [0.3, 0.4) is 0 Å². The molecular formula is C15H20ClFN2O4. The van der Waals surface area contributed by atoms with Gasteiger partial charge in [-0.3, -0.25) is 4.79 Å². The predicted octanol–water partition coefficient (Wildman–Crippen LogP) is 1.24. The van der Waals surface area contributed by atoms with Gasteiger partial charge < -0.3 is 25.3 Å². The van der Waals surface area contributed by atoms with Crippen molar-refractivity contribution in [3.8, 4) is 5.75 Å². The summed E-state index contributed by atoms with van der Waals surface area (Å²) in [6.45, 7) is 1.53. The molecule has 8 heteroatoms. The molecule has 3 N–H and O–H groups in total. The summed E-state index contributed by atoms with van der Waals surface area (Å²) in [4.78, 5) is 12.3. The number of fused-ring (bicyclic) bond motifs is 1. The van der Waals surface area contributed by atoms with E-state index in [1.807, 2.05) is 0 Å². The Hall–Kier alpha value is -1.41. The highest BCUT2D eigenvalue weighted by molar-refractivity contribution is 5.86. The number of nitrogens with two attached hydrogens (primary N) is 1. The van der Waals surface area contributed by atoms with Gasteiger partial charge in [-0.2, -0.15) is 0 Å². The van der Waals surface area contributed by atoms with Crippen LogP contribution < -0.4 is 15.8 Å². The quantitative estimate of drug-likeness (QED) is 0.860. The summed E-state index contributed by atoms with van der Waals surface area (Å²) < 4.78 is 29.4. The lowest BCUT2D eigenvalue weighted by Crippen LogP contribution is -2.56. The van der Waals surface area contributed by atoms with Gasteiger partial charge in [-0.1, -0.05) is 0 Å².